The molecule has 2 N–H and O–H groups in total. The van der Waals surface area contributed by atoms with Gasteiger partial charge in [0.1, 0.15) is 18.0 Å². The number of anilines is 2. The minimum atomic E-state index is -0.598. The molecule has 1 aromatic heterocycles. The number of aromatic nitrogens is 2. The number of nitrogens with one attached hydrogen (secondary N) is 2. The third kappa shape index (κ3) is 3.20. The van der Waals surface area contributed by atoms with E-state index in [1.54, 1.807) is 6.07 Å². The summed E-state index contributed by atoms with van der Waals surface area (Å²) in [4.78, 5) is 21.4. The topological polar surface area (TPSA) is 66.9 Å². The first-order chi connectivity index (χ1) is 14.5. The second kappa shape index (κ2) is 7.34. The number of amides is 1. The summed E-state index contributed by atoms with van der Waals surface area (Å²) >= 11 is 9.81. The number of hydrogen-bond donors (Lipinski definition) is 2. The number of nitrogens with zero attached hydrogens (tertiary/aromatic N) is 2. The summed E-state index contributed by atoms with van der Waals surface area (Å²) in [6.45, 7) is 0. The van der Waals surface area contributed by atoms with Crippen LogP contribution in [0.25, 0.3) is 10.9 Å². The Labute approximate surface area is 184 Å². The SMILES string of the molecule is O=C1NC(c2cc(F)ccc2Cl)c2c(Nc3ncnc4ccccc34)cc(Br)cc21. The van der Waals surface area contributed by atoms with Crippen LogP contribution >= 0.6 is 27.5 Å². The molecule has 1 unspecified atom stereocenters. The monoisotopic (exact) mass is 482 g/mol. The molecule has 0 aliphatic carbocycles. The molecule has 1 amide bonds. The molecule has 2 heterocycles. The van der Waals surface area contributed by atoms with Crippen molar-refractivity contribution >= 4 is 55.8 Å². The predicted octanol–water partition coefficient (Wildman–Crippen LogP) is 5.76. The molecule has 0 radical (unpaired) electrons. The Morgan fingerprint density at radius 3 is 2.80 bits per heavy atom. The normalized spacial score (nSPS) is 15.2. The number of halogens is 3. The van der Waals surface area contributed by atoms with Crippen LogP contribution in [0.15, 0.2) is 65.4 Å². The second-order valence-electron chi connectivity index (χ2n) is 6.85. The van der Waals surface area contributed by atoms with Gasteiger partial charge in [-0.05, 0) is 42.5 Å². The van der Waals surface area contributed by atoms with Crippen molar-refractivity contribution in [1.29, 1.82) is 0 Å². The summed E-state index contributed by atoms with van der Waals surface area (Å²) in [5.41, 5.74) is 3.10. The first kappa shape index (κ1) is 19.0. The number of para-hydroxylation sites is 1. The highest BCUT2D eigenvalue weighted by atomic mass is 79.9. The van der Waals surface area contributed by atoms with Gasteiger partial charge in [-0.15, -0.1) is 0 Å². The summed E-state index contributed by atoms with van der Waals surface area (Å²) in [5.74, 6) is -0.0814. The maximum atomic E-state index is 13.9. The molecular formula is C22H13BrClFN4O. The zero-order valence-electron chi connectivity index (χ0n) is 15.3. The summed E-state index contributed by atoms with van der Waals surface area (Å²) in [5, 5.41) is 7.45. The van der Waals surface area contributed by atoms with E-state index in [2.05, 4.69) is 36.5 Å². The third-order valence-electron chi connectivity index (χ3n) is 5.02. The molecule has 0 fully saturated rings. The fourth-order valence-electron chi connectivity index (χ4n) is 3.70. The Morgan fingerprint density at radius 1 is 1.10 bits per heavy atom. The first-order valence-corrected chi connectivity index (χ1v) is 10.2. The molecule has 148 valence electrons. The van der Waals surface area contributed by atoms with Crippen molar-refractivity contribution < 1.29 is 9.18 Å². The molecule has 4 aromatic rings. The molecule has 0 saturated heterocycles. The Hall–Kier alpha value is -3.03. The van der Waals surface area contributed by atoms with Gasteiger partial charge in [-0.3, -0.25) is 4.79 Å². The van der Waals surface area contributed by atoms with Crippen molar-refractivity contribution in [2.75, 3.05) is 5.32 Å². The summed E-state index contributed by atoms with van der Waals surface area (Å²) < 4.78 is 14.7. The highest BCUT2D eigenvalue weighted by Gasteiger charge is 2.34. The van der Waals surface area contributed by atoms with Crippen LogP contribution in [0.1, 0.15) is 27.5 Å². The lowest BCUT2D eigenvalue weighted by molar-refractivity contribution is 0.0960. The lowest BCUT2D eigenvalue weighted by Gasteiger charge is -2.19. The quantitative estimate of drug-likeness (QED) is 0.389. The van der Waals surface area contributed by atoms with E-state index >= 15 is 0 Å². The van der Waals surface area contributed by atoms with Crippen LogP contribution in [-0.4, -0.2) is 15.9 Å². The lowest BCUT2D eigenvalue weighted by atomic mass is 9.96. The molecule has 1 aliphatic rings. The summed E-state index contributed by atoms with van der Waals surface area (Å²) in [6.07, 6.45) is 1.48. The molecule has 3 aromatic carbocycles. The van der Waals surface area contributed by atoms with Crippen molar-refractivity contribution in [3.63, 3.8) is 0 Å². The van der Waals surface area contributed by atoms with E-state index in [4.69, 9.17) is 11.6 Å². The van der Waals surface area contributed by atoms with Gasteiger partial charge in [-0.1, -0.05) is 39.7 Å². The van der Waals surface area contributed by atoms with Crippen molar-refractivity contribution in [3.8, 4) is 0 Å². The van der Waals surface area contributed by atoms with Crippen molar-refractivity contribution in [2.45, 2.75) is 6.04 Å². The predicted molar refractivity (Wildman–Crippen MR) is 118 cm³/mol. The highest BCUT2D eigenvalue weighted by Crippen LogP contribution is 2.42. The second-order valence-corrected chi connectivity index (χ2v) is 8.17. The van der Waals surface area contributed by atoms with Gasteiger partial charge in [0.2, 0.25) is 0 Å². The lowest BCUT2D eigenvalue weighted by Crippen LogP contribution is -2.20. The third-order valence-corrected chi connectivity index (χ3v) is 5.82. The first-order valence-electron chi connectivity index (χ1n) is 9.07. The summed E-state index contributed by atoms with van der Waals surface area (Å²) in [7, 11) is 0. The van der Waals surface area contributed by atoms with Gasteiger partial charge in [0.05, 0.1) is 11.6 Å². The average Bonchev–Trinajstić information content (AvgIpc) is 3.06. The smallest absolute Gasteiger partial charge is 0.252 e. The average molecular weight is 484 g/mol. The fourth-order valence-corrected chi connectivity index (χ4v) is 4.39. The van der Waals surface area contributed by atoms with Gasteiger partial charge in [0.25, 0.3) is 5.91 Å². The van der Waals surface area contributed by atoms with Gasteiger partial charge >= 0.3 is 0 Å². The van der Waals surface area contributed by atoms with Gasteiger partial charge < -0.3 is 10.6 Å². The van der Waals surface area contributed by atoms with Gasteiger partial charge in [0, 0.05) is 37.3 Å². The van der Waals surface area contributed by atoms with E-state index < -0.39 is 11.9 Å². The van der Waals surface area contributed by atoms with E-state index in [0.717, 1.165) is 15.4 Å². The molecule has 5 nitrogen and oxygen atoms in total. The molecule has 5 rings (SSSR count). The van der Waals surface area contributed by atoms with Crippen LogP contribution in [0.4, 0.5) is 15.9 Å². The molecule has 0 bridgehead atoms. The van der Waals surface area contributed by atoms with E-state index in [1.165, 1.54) is 24.5 Å². The number of rotatable bonds is 3. The minimum absolute atomic E-state index is 0.257. The Morgan fingerprint density at radius 2 is 1.93 bits per heavy atom. The van der Waals surface area contributed by atoms with Crippen molar-refractivity contribution in [2.24, 2.45) is 0 Å². The van der Waals surface area contributed by atoms with Gasteiger partial charge in [0.15, 0.2) is 0 Å². The van der Waals surface area contributed by atoms with Crippen LogP contribution in [0.3, 0.4) is 0 Å². The Kier molecular flexibility index (Phi) is 4.64. The van der Waals surface area contributed by atoms with Crippen LogP contribution in [0.5, 0.6) is 0 Å². The number of benzene rings is 3. The van der Waals surface area contributed by atoms with Crippen LogP contribution in [0.2, 0.25) is 5.02 Å². The van der Waals surface area contributed by atoms with Gasteiger partial charge in [-0.25, -0.2) is 14.4 Å². The standard InChI is InChI=1S/C22H13BrClFN4O/c23-11-7-15-19(20(29-22(15)30)14-9-12(25)5-6-16(14)24)18(8-11)28-21-13-3-1-2-4-17(13)26-10-27-21/h1-10,20H,(H,29,30)(H,26,27,28). The molecule has 1 atom stereocenters. The van der Waals surface area contributed by atoms with Gasteiger partial charge in [-0.2, -0.15) is 0 Å². The van der Waals surface area contributed by atoms with E-state index in [9.17, 15) is 9.18 Å². The maximum Gasteiger partial charge on any atom is 0.252 e. The number of carbonyl (C=O) groups excluding carboxylic acids is 1. The van der Waals surface area contributed by atoms with E-state index in [1.807, 2.05) is 30.3 Å². The number of carbonyl (C=O) groups is 1. The largest absolute Gasteiger partial charge is 0.341 e. The molecule has 0 saturated carbocycles. The maximum absolute atomic E-state index is 13.9. The number of hydrogen-bond acceptors (Lipinski definition) is 4. The molecule has 1 aliphatic heterocycles. The highest BCUT2D eigenvalue weighted by molar-refractivity contribution is 9.10. The fraction of sp³-hybridized carbons (Fsp3) is 0.0455. The zero-order chi connectivity index (χ0) is 20.8. The molecular weight excluding hydrogens is 471 g/mol. The molecule has 0 spiro atoms. The Balaban J connectivity index is 1.68. The van der Waals surface area contributed by atoms with Crippen LogP contribution in [0, 0.1) is 5.82 Å². The van der Waals surface area contributed by atoms with Crippen molar-refractivity contribution in [3.05, 3.63) is 92.9 Å². The van der Waals surface area contributed by atoms with E-state index in [0.29, 0.717) is 33.2 Å². The van der Waals surface area contributed by atoms with Crippen LogP contribution in [-0.2, 0) is 0 Å². The molecule has 8 heteroatoms. The Bertz CT molecular complexity index is 1320. The number of fused-ring (bicyclic) bond motifs is 2. The summed E-state index contributed by atoms with van der Waals surface area (Å²) in [6, 6.07) is 14.7. The zero-order valence-corrected chi connectivity index (χ0v) is 17.6. The van der Waals surface area contributed by atoms with Crippen LogP contribution < -0.4 is 10.6 Å². The van der Waals surface area contributed by atoms with Crippen molar-refractivity contribution in [1.82, 2.24) is 15.3 Å². The molecule has 30 heavy (non-hydrogen) atoms. The minimum Gasteiger partial charge on any atom is -0.341 e. The van der Waals surface area contributed by atoms with E-state index in [-0.39, 0.29) is 5.91 Å².